The first-order valence-corrected chi connectivity index (χ1v) is 6.78. The summed E-state index contributed by atoms with van der Waals surface area (Å²) in [5.74, 6) is -2.37. The molecule has 0 aliphatic carbocycles. The number of fused-ring (bicyclic) bond motifs is 1. The van der Waals surface area contributed by atoms with Gasteiger partial charge in [0.05, 0.1) is 5.69 Å². The summed E-state index contributed by atoms with van der Waals surface area (Å²) in [6.45, 7) is 0. The monoisotopic (exact) mass is 303 g/mol. The maximum Gasteiger partial charge on any atom is 0.179 e. The minimum Gasteiger partial charge on any atom is -0.352 e. The Morgan fingerprint density at radius 3 is 2.55 bits per heavy atom. The number of Topliss-reactive ketones (excluding diaryl/α,β-unsaturated/α-hetero) is 1. The van der Waals surface area contributed by atoms with Crippen molar-refractivity contribution in [3.05, 3.63) is 71.2 Å². The molecule has 1 N–H and O–H groups in total. The minimum absolute atomic E-state index is 0.153. The Kier molecular flexibility index (Phi) is 3.71. The number of ketones is 1. The normalized spacial score (nSPS) is 11.0. The van der Waals surface area contributed by atoms with Crippen LogP contribution in [0.5, 0.6) is 0 Å². The molecule has 0 saturated carbocycles. The van der Waals surface area contributed by atoms with E-state index in [2.05, 4.69) is 4.98 Å². The molecule has 3 aromatic rings. The van der Waals surface area contributed by atoms with E-state index in [1.165, 1.54) is 18.2 Å². The zero-order valence-electron chi connectivity index (χ0n) is 11.5. The highest BCUT2D eigenvalue weighted by Crippen LogP contribution is 2.18. The van der Waals surface area contributed by atoms with Gasteiger partial charge in [-0.2, -0.15) is 0 Å². The molecule has 0 atom stereocenters. The molecule has 22 heavy (non-hydrogen) atoms. The van der Waals surface area contributed by atoms with Gasteiger partial charge in [-0.1, -0.05) is 6.07 Å². The summed E-state index contributed by atoms with van der Waals surface area (Å²) in [5, 5.41) is 0.621. The molecule has 0 aliphatic rings. The lowest BCUT2D eigenvalue weighted by atomic mass is 10.1. The largest absolute Gasteiger partial charge is 0.352 e. The topological polar surface area (TPSA) is 32.9 Å². The summed E-state index contributed by atoms with van der Waals surface area (Å²) in [6, 6.07) is 9.39. The molecule has 2 aromatic carbocycles. The van der Waals surface area contributed by atoms with E-state index in [4.69, 9.17) is 0 Å². The van der Waals surface area contributed by atoms with Crippen molar-refractivity contribution >= 4 is 16.7 Å². The molecular weight excluding hydrogens is 291 g/mol. The van der Waals surface area contributed by atoms with Gasteiger partial charge in [0.25, 0.3) is 0 Å². The highest BCUT2D eigenvalue weighted by Gasteiger charge is 2.11. The van der Waals surface area contributed by atoms with Crippen LogP contribution in [0.3, 0.4) is 0 Å². The van der Waals surface area contributed by atoms with Gasteiger partial charge in [-0.15, -0.1) is 0 Å². The van der Waals surface area contributed by atoms with Gasteiger partial charge in [0.2, 0.25) is 0 Å². The van der Waals surface area contributed by atoms with E-state index in [1.54, 1.807) is 12.1 Å². The molecule has 0 bridgehead atoms. The van der Waals surface area contributed by atoms with E-state index >= 15 is 0 Å². The summed E-state index contributed by atoms with van der Waals surface area (Å²) in [4.78, 5) is 15.1. The van der Waals surface area contributed by atoms with E-state index in [-0.39, 0.29) is 18.0 Å². The van der Waals surface area contributed by atoms with Gasteiger partial charge in [0, 0.05) is 17.3 Å². The minimum atomic E-state index is -0.925. The average Bonchev–Trinajstić information content (AvgIpc) is 2.91. The van der Waals surface area contributed by atoms with Crippen molar-refractivity contribution in [2.75, 3.05) is 0 Å². The van der Waals surface area contributed by atoms with Crippen LogP contribution >= 0.6 is 0 Å². The third-order valence-corrected chi connectivity index (χ3v) is 3.51. The fourth-order valence-corrected chi connectivity index (χ4v) is 2.34. The lowest BCUT2D eigenvalue weighted by Gasteiger charge is -2.01. The molecule has 0 fully saturated rings. The Labute approximate surface area is 124 Å². The molecule has 5 heteroatoms. The molecule has 0 radical (unpaired) electrons. The maximum absolute atomic E-state index is 13.1. The Bertz CT molecular complexity index is 854. The number of rotatable bonds is 4. The second-order valence-corrected chi connectivity index (χ2v) is 5.09. The van der Waals surface area contributed by atoms with Crippen LogP contribution in [0.2, 0.25) is 0 Å². The zero-order chi connectivity index (χ0) is 15.7. The molecule has 0 saturated heterocycles. The molecule has 3 rings (SSSR count). The molecule has 1 heterocycles. The SMILES string of the molecule is O=C(CCc1ccc(F)c(F)c1)c1cc2cc(F)ccc2[nH]1. The van der Waals surface area contributed by atoms with Crippen molar-refractivity contribution in [1.29, 1.82) is 0 Å². The van der Waals surface area contributed by atoms with Gasteiger partial charge in [-0.05, 0) is 48.4 Å². The van der Waals surface area contributed by atoms with Crippen molar-refractivity contribution < 1.29 is 18.0 Å². The Hall–Kier alpha value is -2.56. The molecule has 0 spiro atoms. The summed E-state index contributed by atoms with van der Waals surface area (Å²) < 4.78 is 39.1. The highest BCUT2D eigenvalue weighted by atomic mass is 19.2. The first-order chi connectivity index (χ1) is 10.5. The fraction of sp³-hybridized carbons (Fsp3) is 0.118. The third-order valence-electron chi connectivity index (χ3n) is 3.51. The fourth-order valence-electron chi connectivity index (χ4n) is 2.34. The van der Waals surface area contributed by atoms with Crippen LogP contribution in [0.15, 0.2) is 42.5 Å². The molecule has 0 amide bonds. The van der Waals surface area contributed by atoms with Crippen LogP contribution in [0.25, 0.3) is 10.9 Å². The van der Waals surface area contributed by atoms with Crippen molar-refractivity contribution in [2.45, 2.75) is 12.8 Å². The van der Waals surface area contributed by atoms with Crippen molar-refractivity contribution in [1.82, 2.24) is 4.98 Å². The Morgan fingerprint density at radius 2 is 1.77 bits per heavy atom. The highest BCUT2D eigenvalue weighted by molar-refractivity contribution is 5.99. The number of hydrogen-bond acceptors (Lipinski definition) is 1. The second-order valence-electron chi connectivity index (χ2n) is 5.09. The van der Waals surface area contributed by atoms with Crippen molar-refractivity contribution in [3.8, 4) is 0 Å². The van der Waals surface area contributed by atoms with Gasteiger partial charge < -0.3 is 4.98 Å². The van der Waals surface area contributed by atoms with Crippen LogP contribution in [0.1, 0.15) is 22.5 Å². The Morgan fingerprint density at radius 1 is 0.955 bits per heavy atom. The predicted molar refractivity (Wildman–Crippen MR) is 77.3 cm³/mol. The van der Waals surface area contributed by atoms with Crippen LogP contribution < -0.4 is 0 Å². The maximum atomic E-state index is 13.1. The summed E-state index contributed by atoms with van der Waals surface area (Å²) in [7, 11) is 0. The van der Waals surface area contributed by atoms with Crippen LogP contribution in [0.4, 0.5) is 13.2 Å². The summed E-state index contributed by atoms with van der Waals surface area (Å²) in [5.41, 5.74) is 1.61. The summed E-state index contributed by atoms with van der Waals surface area (Å²) in [6.07, 6.45) is 0.458. The molecule has 0 aliphatic heterocycles. The number of hydrogen-bond donors (Lipinski definition) is 1. The standard InChI is InChI=1S/C17H12F3NO/c18-12-3-5-15-11(8-12)9-16(21-15)17(22)6-2-10-1-4-13(19)14(20)7-10/h1,3-5,7-9,21H,2,6H2. The Balaban J connectivity index is 1.74. The number of aromatic amines is 1. The van der Waals surface area contributed by atoms with E-state index in [9.17, 15) is 18.0 Å². The first-order valence-electron chi connectivity index (χ1n) is 6.78. The predicted octanol–water partition coefficient (Wildman–Crippen LogP) is 4.40. The molecule has 0 unspecified atom stereocenters. The molecule has 1 aromatic heterocycles. The smallest absolute Gasteiger partial charge is 0.179 e. The van der Waals surface area contributed by atoms with Gasteiger partial charge in [0.1, 0.15) is 5.82 Å². The lowest BCUT2D eigenvalue weighted by molar-refractivity contribution is 0.0979. The third kappa shape index (κ3) is 2.88. The molecular formula is C17H12F3NO. The first kappa shape index (κ1) is 14.4. The van der Waals surface area contributed by atoms with Gasteiger partial charge in [-0.25, -0.2) is 13.2 Å². The van der Waals surface area contributed by atoms with Crippen molar-refractivity contribution in [3.63, 3.8) is 0 Å². The van der Waals surface area contributed by atoms with Gasteiger partial charge in [0.15, 0.2) is 17.4 Å². The number of halogens is 3. The molecule has 2 nitrogen and oxygen atoms in total. The van der Waals surface area contributed by atoms with E-state index in [0.29, 0.717) is 28.6 Å². The number of aryl methyl sites for hydroxylation is 1. The van der Waals surface area contributed by atoms with Crippen LogP contribution in [-0.4, -0.2) is 10.8 Å². The number of H-pyrrole nitrogens is 1. The number of nitrogens with one attached hydrogen (secondary N) is 1. The van der Waals surface area contributed by atoms with Gasteiger partial charge in [-0.3, -0.25) is 4.79 Å². The van der Waals surface area contributed by atoms with Crippen molar-refractivity contribution in [2.24, 2.45) is 0 Å². The van der Waals surface area contributed by atoms with Gasteiger partial charge >= 0.3 is 0 Å². The van der Waals surface area contributed by atoms with E-state index in [1.807, 2.05) is 0 Å². The quantitative estimate of drug-likeness (QED) is 0.712. The number of carbonyl (C=O) groups excluding carboxylic acids is 1. The lowest BCUT2D eigenvalue weighted by Crippen LogP contribution is -2.02. The number of benzene rings is 2. The zero-order valence-corrected chi connectivity index (χ0v) is 11.5. The second kappa shape index (κ2) is 5.67. The average molecular weight is 303 g/mol. The number of aromatic nitrogens is 1. The number of carbonyl (C=O) groups is 1. The van der Waals surface area contributed by atoms with E-state index < -0.39 is 11.6 Å². The summed E-state index contributed by atoms with van der Waals surface area (Å²) >= 11 is 0. The molecule has 112 valence electrons. The van der Waals surface area contributed by atoms with E-state index in [0.717, 1.165) is 12.1 Å². The van der Waals surface area contributed by atoms with Crippen LogP contribution in [0, 0.1) is 17.5 Å². The van der Waals surface area contributed by atoms with Crippen LogP contribution in [-0.2, 0) is 6.42 Å².